The number of anilines is 2. The number of carbonyl (C=O) groups excluding carboxylic acids is 1. The molecule has 0 radical (unpaired) electrons. The molecule has 1 amide bonds. The number of thiazole rings is 1. The number of carbonyl (C=O) groups is 1. The van der Waals surface area contributed by atoms with E-state index in [9.17, 15) is 13.6 Å². The zero-order valence-corrected chi connectivity index (χ0v) is 13.0. The number of amides is 1. The van der Waals surface area contributed by atoms with Crippen molar-refractivity contribution in [1.82, 2.24) is 4.98 Å². The number of halogens is 2. The number of aryl methyl sites for hydroxylation is 1. The summed E-state index contributed by atoms with van der Waals surface area (Å²) >= 11 is 1.31. The van der Waals surface area contributed by atoms with Crippen molar-refractivity contribution < 1.29 is 13.6 Å². The van der Waals surface area contributed by atoms with Crippen LogP contribution in [0.25, 0.3) is 10.2 Å². The lowest BCUT2D eigenvalue weighted by Gasteiger charge is -2.08. The molecule has 0 saturated heterocycles. The number of fused-ring (bicyclic) bond motifs is 1. The lowest BCUT2D eigenvalue weighted by Crippen LogP contribution is -2.16. The Morgan fingerprint density at radius 1 is 1.30 bits per heavy atom. The van der Waals surface area contributed by atoms with E-state index in [2.05, 4.69) is 10.3 Å². The summed E-state index contributed by atoms with van der Waals surface area (Å²) in [5, 5.41) is 3.10. The quantitative estimate of drug-likeness (QED) is 0.769. The van der Waals surface area contributed by atoms with Gasteiger partial charge in [0, 0.05) is 11.3 Å². The second kappa shape index (κ2) is 5.92. The van der Waals surface area contributed by atoms with Gasteiger partial charge in [-0.15, -0.1) is 0 Å². The lowest BCUT2D eigenvalue weighted by molar-refractivity contribution is -0.115. The maximum Gasteiger partial charge on any atom is 0.229 e. The number of aromatic nitrogens is 1. The van der Waals surface area contributed by atoms with Gasteiger partial charge in [0.15, 0.2) is 5.13 Å². The molecule has 2 aromatic carbocycles. The third-order valence-electron chi connectivity index (χ3n) is 3.38. The lowest BCUT2D eigenvalue weighted by atomic mass is 10.1. The Labute approximate surface area is 135 Å². The van der Waals surface area contributed by atoms with Gasteiger partial charge in [-0.2, -0.15) is 0 Å². The van der Waals surface area contributed by atoms with Crippen LogP contribution >= 0.6 is 11.3 Å². The summed E-state index contributed by atoms with van der Waals surface area (Å²) in [4.78, 5) is 16.3. The average molecular weight is 333 g/mol. The van der Waals surface area contributed by atoms with Crippen molar-refractivity contribution in [3.63, 3.8) is 0 Å². The Bertz CT molecular complexity index is 887. The maximum atomic E-state index is 13.6. The summed E-state index contributed by atoms with van der Waals surface area (Å²) in [7, 11) is 0. The Balaban J connectivity index is 1.83. The minimum Gasteiger partial charge on any atom is -0.375 e. The summed E-state index contributed by atoms with van der Waals surface area (Å²) in [6.45, 7) is 1.85. The van der Waals surface area contributed by atoms with Gasteiger partial charge in [0.2, 0.25) is 5.91 Å². The normalized spacial score (nSPS) is 10.9. The van der Waals surface area contributed by atoms with E-state index in [-0.39, 0.29) is 12.0 Å². The first kappa shape index (κ1) is 15.4. The highest BCUT2D eigenvalue weighted by atomic mass is 32.1. The highest BCUT2D eigenvalue weighted by Crippen LogP contribution is 2.29. The second-order valence-corrected chi connectivity index (χ2v) is 6.18. The molecule has 0 saturated carbocycles. The molecule has 0 aliphatic heterocycles. The summed E-state index contributed by atoms with van der Waals surface area (Å²) in [5.74, 6) is -1.96. The fourth-order valence-corrected chi connectivity index (χ4v) is 3.20. The summed E-state index contributed by atoms with van der Waals surface area (Å²) < 4.78 is 28.0. The zero-order chi connectivity index (χ0) is 16.6. The average Bonchev–Trinajstić information content (AvgIpc) is 2.84. The molecule has 1 heterocycles. The van der Waals surface area contributed by atoms with Crippen LogP contribution in [0.4, 0.5) is 19.6 Å². The van der Waals surface area contributed by atoms with Crippen molar-refractivity contribution in [3.05, 3.63) is 53.1 Å². The Morgan fingerprint density at radius 2 is 2.00 bits per heavy atom. The molecule has 7 heteroatoms. The SMILES string of the molecule is Cc1cc(NC(=O)Cc2c(F)cccc2F)cc2sc(N)nc12. The van der Waals surface area contributed by atoms with Gasteiger partial charge < -0.3 is 11.1 Å². The summed E-state index contributed by atoms with van der Waals surface area (Å²) in [5.41, 5.74) is 7.63. The third-order valence-corrected chi connectivity index (χ3v) is 4.22. The molecule has 0 fully saturated rings. The van der Waals surface area contributed by atoms with E-state index in [1.165, 1.54) is 17.4 Å². The fraction of sp³-hybridized carbons (Fsp3) is 0.125. The van der Waals surface area contributed by atoms with Crippen LogP contribution in [0.15, 0.2) is 30.3 Å². The number of hydrogen-bond donors (Lipinski definition) is 2. The topological polar surface area (TPSA) is 68.0 Å². The maximum absolute atomic E-state index is 13.6. The number of nitrogen functional groups attached to an aromatic ring is 1. The van der Waals surface area contributed by atoms with Gasteiger partial charge in [0.05, 0.1) is 16.6 Å². The Morgan fingerprint density at radius 3 is 2.70 bits per heavy atom. The number of benzene rings is 2. The molecule has 0 bridgehead atoms. The van der Waals surface area contributed by atoms with Crippen LogP contribution in [0, 0.1) is 18.6 Å². The van der Waals surface area contributed by atoms with E-state index in [1.54, 1.807) is 12.1 Å². The van der Waals surface area contributed by atoms with E-state index >= 15 is 0 Å². The first-order valence-corrected chi connectivity index (χ1v) is 7.65. The van der Waals surface area contributed by atoms with Crippen LogP contribution in [0.5, 0.6) is 0 Å². The van der Waals surface area contributed by atoms with E-state index in [0.717, 1.165) is 27.9 Å². The molecule has 3 aromatic rings. The molecular formula is C16H13F2N3OS. The monoisotopic (exact) mass is 333 g/mol. The van der Waals surface area contributed by atoms with Gasteiger partial charge in [-0.05, 0) is 36.8 Å². The van der Waals surface area contributed by atoms with Crippen molar-refractivity contribution in [2.24, 2.45) is 0 Å². The van der Waals surface area contributed by atoms with Crippen LogP contribution in [0.3, 0.4) is 0 Å². The van der Waals surface area contributed by atoms with Gasteiger partial charge in [0.25, 0.3) is 0 Å². The molecule has 23 heavy (non-hydrogen) atoms. The van der Waals surface area contributed by atoms with Crippen LogP contribution in [-0.2, 0) is 11.2 Å². The Hall–Kier alpha value is -2.54. The number of hydrogen-bond acceptors (Lipinski definition) is 4. The van der Waals surface area contributed by atoms with Crippen LogP contribution in [-0.4, -0.2) is 10.9 Å². The Kier molecular flexibility index (Phi) is 3.96. The van der Waals surface area contributed by atoms with Crippen LogP contribution in [0.2, 0.25) is 0 Å². The molecule has 3 rings (SSSR count). The molecule has 0 aliphatic rings. The minimum atomic E-state index is -0.734. The van der Waals surface area contributed by atoms with E-state index in [1.807, 2.05) is 6.92 Å². The van der Waals surface area contributed by atoms with Crippen molar-refractivity contribution in [3.8, 4) is 0 Å². The molecular weight excluding hydrogens is 320 g/mol. The summed E-state index contributed by atoms with van der Waals surface area (Å²) in [6, 6.07) is 7.00. The predicted octanol–water partition coefficient (Wildman–Crippen LogP) is 3.65. The number of nitrogens with zero attached hydrogens (tertiary/aromatic N) is 1. The fourth-order valence-electron chi connectivity index (χ4n) is 2.35. The van der Waals surface area contributed by atoms with Crippen LogP contribution in [0.1, 0.15) is 11.1 Å². The van der Waals surface area contributed by atoms with Crippen molar-refractivity contribution in [2.75, 3.05) is 11.1 Å². The first-order valence-electron chi connectivity index (χ1n) is 6.83. The standard InChI is InChI=1S/C16H13F2N3OS/c1-8-5-9(6-13-15(8)21-16(19)23-13)20-14(22)7-10-11(17)3-2-4-12(10)18/h2-6H,7H2,1H3,(H2,19,21)(H,20,22). The minimum absolute atomic E-state index is 0.246. The molecule has 4 nitrogen and oxygen atoms in total. The largest absolute Gasteiger partial charge is 0.375 e. The third kappa shape index (κ3) is 3.14. The molecule has 0 atom stereocenters. The number of nitrogens with two attached hydrogens (primary N) is 1. The van der Waals surface area contributed by atoms with E-state index in [0.29, 0.717) is 10.8 Å². The van der Waals surface area contributed by atoms with Gasteiger partial charge in [-0.25, -0.2) is 13.8 Å². The van der Waals surface area contributed by atoms with E-state index in [4.69, 9.17) is 5.73 Å². The molecule has 1 aromatic heterocycles. The van der Waals surface area contributed by atoms with Gasteiger partial charge >= 0.3 is 0 Å². The first-order chi connectivity index (χ1) is 10.9. The van der Waals surface area contributed by atoms with Gasteiger partial charge in [0.1, 0.15) is 11.6 Å². The van der Waals surface area contributed by atoms with Crippen molar-refractivity contribution in [1.29, 1.82) is 0 Å². The molecule has 118 valence electrons. The number of rotatable bonds is 3. The predicted molar refractivity (Wildman–Crippen MR) is 87.5 cm³/mol. The van der Waals surface area contributed by atoms with E-state index < -0.39 is 17.5 Å². The van der Waals surface area contributed by atoms with Gasteiger partial charge in [-0.3, -0.25) is 4.79 Å². The summed E-state index contributed by atoms with van der Waals surface area (Å²) in [6.07, 6.45) is -0.375. The number of nitrogens with one attached hydrogen (secondary N) is 1. The molecule has 0 unspecified atom stereocenters. The highest BCUT2D eigenvalue weighted by Gasteiger charge is 2.14. The van der Waals surface area contributed by atoms with Gasteiger partial charge in [-0.1, -0.05) is 17.4 Å². The molecule has 0 spiro atoms. The van der Waals surface area contributed by atoms with Crippen molar-refractivity contribution >= 4 is 38.3 Å². The highest BCUT2D eigenvalue weighted by molar-refractivity contribution is 7.22. The smallest absolute Gasteiger partial charge is 0.229 e. The van der Waals surface area contributed by atoms with Crippen molar-refractivity contribution in [2.45, 2.75) is 13.3 Å². The van der Waals surface area contributed by atoms with Crippen LogP contribution < -0.4 is 11.1 Å². The molecule has 3 N–H and O–H groups in total. The molecule has 0 aliphatic carbocycles. The second-order valence-electron chi connectivity index (χ2n) is 5.12. The zero-order valence-electron chi connectivity index (χ0n) is 12.2.